The maximum atomic E-state index is 12.6. The third kappa shape index (κ3) is 2.46. The molecule has 1 aromatic heterocycles. The number of nitrogens with zero attached hydrogens (tertiary/aromatic N) is 2. The zero-order chi connectivity index (χ0) is 15.9. The van der Waals surface area contributed by atoms with E-state index in [1.807, 2.05) is 13.8 Å². The van der Waals surface area contributed by atoms with Crippen molar-refractivity contribution in [3.05, 3.63) is 16.1 Å². The molecule has 0 aliphatic carbocycles. The van der Waals surface area contributed by atoms with Gasteiger partial charge in [0.05, 0.1) is 11.5 Å². The van der Waals surface area contributed by atoms with Gasteiger partial charge in [0, 0.05) is 11.8 Å². The highest BCUT2D eigenvalue weighted by atomic mass is 32.1. The third-order valence-corrected chi connectivity index (χ3v) is 5.27. The highest BCUT2D eigenvalue weighted by molar-refractivity contribution is 7.09. The summed E-state index contributed by atoms with van der Waals surface area (Å²) in [5, 5.41) is 10.8. The number of aromatic carboxylic acids is 1. The molecule has 0 saturated carbocycles. The first-order chi connectivity index (χ1) is 9.68. The monoisotopic (exact) mass is 310 g/mol. The molecule has 1 saturated heterocycles. The molecule has 114 valence electrons. The zero-order valence-corrected chi connectivity index (χ0v) is 13.2. The van der Waals surface area contributed by atoms with Gasteiger partial charge in [0.15, 0.2) is 5.69 Å². The number of amides is 2. The van der Waals surface area contributed by atoms with E-state index in [1.165, 1.54) is 10.3 Å². The van der Waals surface area contributed by atoms with Gasteiger partial charge >= 0.3 is 5.97 Å². The van der Waals surface area contributed by atoms with E-state index in [2.05, 4.69) is 4.98 Å². The quantitative estimate of drug-likeness (QED) is 0.862. The summed E-state index contributed by atoms with van der Waals surface area (Å²) < 4.78 is 0. The van der Waals surface area contributed by atoms with Crippen LogP contribution >= 0.6 is 11.3 Å². The molecule has 7 heteroatoms. The fraction of sp³-hybridized carbons (Fsp3) is 0.571. The van der Waals surface area contributed by atoms with Crippen molar-refractivity contribution in [1.29, 1.82) is 0 Å². The molecule has 0 aromatic carbocycles. The van der Waals surface area contributed by atoms with Crippen molar-refractivity contribution >= 4 is 29.1 Å². The van der Waals surface area contributed by atoms with Crippen LogP contribution in [0.25, 0.3) is 0 Å². The SMILES string of the molecule is CC(c1nc(C(=O)O)cs1)N1C(=O)CC(C)(C(C)C)C1=O. The van der Waals surface area contributed by atoms with E-state index in [1.54, 1.807) is 13.8 Å². The minimum Gasteiger partial charge on any atom is -0.476 e. The average Bonchev–Trinajstić information content (AvgIpc) is 2.94. The van der Waals surface area contributed by atoms with Crippen molar-refractivity contribution in [2.45, 2.75) is 40.2 Å². The Labute approximate surface area is 126 Å². The summed E-state index contributed by atoms with van der Waals surface area (Å²) in [6.45, 7) is 7.35. The summed E-state index contributed by atoms with van der Waals surface area (Å²) in [7, 11) is 0. The van der Waals surface area contributed by atoms with E-state index < -0.39 is 17.4 Å². The van der Waals surface area contributed by atoms with Gasteiger partial charge < -0.3 is 5.11 Å². The first-order valence-corrected chi connectivity index (χ1v) is 7.61. The van der Waals surface area contributed by atoms with E-state index in [-0.39, 0.29) is 29.8 Å². The van der Waals surface area contributed by atoms with Crippen LogP contribution in [0.3, 0.4) is 0 Å². The van der Waals surface area contributed by atoms with Crippen molar-refractivity contribution in [2.75, 3.05) is 0 Å². The Hall–Kier alpha value is -1.76. The molecule has 6 nitrogen and oxygen atoms in total. The zero-order valence-electron chi connectivity index (χ0n) is 12.4. The Balaban J connectivity index is 2.30. The van der Waals surface area contributed by atoms with Crippen molar-refractivity contribution < 1.29 is 19.5 Å². The molecule has 0 spiro atoms. The standard InChI is InChI=1S/C14H18N2O4S/c1-7(2)14(4)5-10(17)16(13(14)20)8(3)11-15-9(6-21-11)12(18)19/h6-8H,5H2,1-4H3,(H,18,19). The summed E-state index contributed by atoms with van der Waals surface area (Å²) in [5.74, 6) is -1.49. The van der Waals surface area contributed by atoms with Crippen molar-refractivity contribution in [3.8, 4) is 0 Å². The second-order valence-corrected chi connectivity index (χ2v) is 6.76. The molecule has 2 atom stereocenters. The summed E-state index contributed by atoms with van der Waals surface area (Å²) in [4.78, 5) is 40.9. The number of carboxylic acid groups (broad SMARTS) is 1. The van der Waals surface area contributed by atoms with Crippen LogP contribution < -0.4 is 0 Å². The lowest BCUT2D eigenvalue weighted by molar-refractivity contribution is -0.144. The third-order valence-electron chi connectivity index (χ3n) is 4.25. The molecular formula is C14H18N2O4S. The molecule has 1 aromatic rings. The highest BCUT2D eigenvalue weighted by Gasteiger charge is 2.51. The largest absolute Gasteiger partial charge is 0.476 e. The van der Waals surface area contributed by atoms with Gasteiger partial charge in [-0.1, -0.05) is 13.8 Å². The van der Waals surface area contributed by atoms with Gasteiger partial charge in [-0.2, -0.15) is 0 Å². The molecule has 2 unspecified atom stereocenters. The lowest BCUT2D eigenvalue weighted by Gasteiger charge is -2.27. The topological polar surface area (TPSA) is 87.6 Å². The van der Waals surface area contributed by atoms with Gasteiger partial charge in [0.25, 0.3) is 0 Å². The minimum absolute atomic E-state index is 0.0528. The maximum Gasteiger partial charge on any atom is 0.355 e. The molecule has 2 rings (SSSR count). The normalized spacial score (nSPS) is 24.0. The van der Waals surface area contributed by atoms with Crippen LogP contribution in [0, 0.1) is 11.3 Å². The molecular weight excluding hydrogens is 292 g/mol. The van der Waals surface area contributed by atoms with Gasteiger partial charge in [-0.25, -0.2) is 9.78 Å². The molecule has 1 fully saturated rings. The molecule has 21 heavy (non-hydrogen) atoms. The Morgan fingerprint density at radius 3 is 2.48 bits per heavy atom. The summed E-state index contributed by atoms with van der Waals surface area (Å²) in [6.07, 6.45) is 0.186. The lowest BCUT2D eigenvalue weighted by Crippen LogP contribution is -2.38. The van der Waals surface area contributed by atoms with Crippen LogP contribution in [-0.4, -0.2) is 32.8 Å². The van der Waals surface area contributed by atoms with Crippen molar-refractivity contribution in [1.82, 2.24) is 9.88 Å². The highest BCUT2D eigenvalue weighted by Crippen LogP contribution is 2.42. The van der Waals surface area contributed by atoms with Gasteiger partial charge in [0.2, 0.25) is 11.8 Å². The number of likely N-dealkylation sites (tertiary alicyclic amines) is 1. The van der Waals surface area contributed by atoms with E-state index >= 15 is 0 Å². The number of thiazole rings is 1. The summed E-state index contributed by atoms with van der Waals surface area (Å²) in [5.41, 5.74) is -0.759. The fourth-order valence-electron chi connectivity index (χ4n) is 2.39. The fourth-order valence-corrected chi connectivity index (χ4v) is 3.23. The number of aromatic nitrogens is 1. The molecule has 0 bridgehead atoms. The van der Waals surface area contributed by atoms with Crippen molar-refractivity contribution in [2.24, 2.45) is 11.3 Å². The lowest BCUT2D eigenvalue weighted by atomic mass is 9.78. The predicted octanol–water partition coefficient (Wildman–Crippen LogP) is 2.32. The van der Waals surface area contributed by atoms with Crippen LogP contribution in [-0.2, 0) is 9.59 Å². The number of carbonyl (C=O) groups is 3. The van der Waals surface area contributed by atoms with E-state index in [4.69, 9.17) is 5.11 Å². The number of hydrogen-bond acceptors (Lipinski definition) is 5. The Bertz CT molecular complexity index is 610. The Morgan fingerprint density at radius 2 is 2.05 bits per heavy atom. The van der Waals surface area contributed by atoms with Gasteiger partial charge in [-0.05, 0) is 19.8 Å². The van der Waals surface area contributed by atoms with Gasteiger partial charge in [-0.3, -0.25) is 14.5 Å². The predicted molar refractivity (Wildman–Crippen MR) is 76.9 cm³/mol. The van der Waals surface area contributed by atoms with Crippen LogP contribution in [0.2, 0.25) is 0 Å². The van der Waals surface area contributed by atoms with Crippen LogP contribution in [0.15, 0.2) is 5.38 Å². The first kappa shape index (κ1) is 15.6. The summed E-state index contributed by atoms with van der Waals surface area (Å²) in [6, 6.07) is -0.538. The number of carbonyl (C=O) groups excluding carboxylic acids is 2. The first-order valence-electron chi connectivity index (χ1n) is 6.73. The second kappa shape index (κ2) is 5.22. The van der Waals surface area contributed by atoms with E-state index in [0.29, 0.717) is 5.01 Å². The summed E-state index contributed by atoms with van der Waals surface area (Å²) >= 11 is 1.15. The Morgan fingerprint density at radius 1 is 1.43 bits per heavy atom. The van der Waals surface area contributed by atoms with Crippen LogP contribution in [0.1, 0.15) is 55.7 Å². The number of imide groups is 1. The molecule has 1 aliphatic rings. The van der Waals surface area contributed by atoms with Crippen LogP contribution in [0.4, 0.5) is 0 Å². The number of hydrogen-bond donors (Lipinski definition) is 1. The van der Waals surface area contributed by atoms with Crippen LogP contribution in [0.5, 0.6) is 0 Å². The van der Waals surface area contributed by atoms with E-state index in [9.17, 15) is 14.4 Å². The Kier molecular flexibility index (Phi) is 3.88. The molecule has 1 aliphatic heterocycles. The average molecular weight is 310 g/mol. The molecule has 2 heterocycles. The molecule has 2 amide bonds. The van der Waals surface area contributed by atoms with Gasteiger partial charge in [0.1, 0.15) is 5.01 Å². The van der Waals surface area contributed by atoms with Crippen molar-refractivity contribution in [3.63, 3.8) is 0 Å². The number of carboxylic acids is 1. The molecule has 1 N–H and O–H groups in total. The maximum absolute atomic E-state index is 12.6. The smallest absolute Gasteiger partial charge is 0.355 e. The minimum atomic E-state index is -1.12. The van der Waals surface area contributed by atoms with Gasteiger partial charge in [-0.15, -0.1) is 11.3 Å². The second-order valence-electron chi connectivity index (χ2n) is 5.87. The molecule has 0 radical (unpaired) electrons. The van der Waals surface area contributed by atoms with E-state index in [0.717, 1.165) is 11.3 Å². The number of rotatable bonds is 4.